The van der Waals surface area contributed by atoms with Crippen LogP contribution in [0.15, 0.2) is 0 Å². The van der Waals surface area contributed by atoms with E-state index in [1.807, 2.05) is 0 Å². The van der Waals surface area contributed by atoms with Crippen LogP contribution < -0.4 is 0 Å². The molecule has 0 aromatic carbocycles. The minimum atomic E-state index is -2.80. The predicted molar refractivity (Wildman–Crippen MR) is 244 cm³/mol. The zero-order valence-corrected chi connectivity index (χ0v) is 55.5. The van der Waals surface area contributed by atoms with Gasteiger partial charge < -0.3 is 19.6 Å². The maximum Gasteiger partial charge on any atom is 0.200 e. The molecule has 0 amide bonds. The van der Waals surface area contributed by atoms with Crippen molar-refractivity contribution in [1.29, 1.82) is 0 Å². The first-order valence-electron chi connectivity index (χ1n) is 22.8. The summed E-state index contributed by atoms with van der Waals surface area (Å²) in [6, 6.07) is 0. The first-order valence-corrected chi connectivity index (χ1v) is 29.9. The number of hydrogen-bond acceptors (Lipinski definition) is 4. The van der Waals surface area contributed by atoms with E-state index in [1.165, 1.54) is 116 Å². The normalized spacial score (nSPS) is 11.0. The average molecular weight is 1430 g/mol. The molecule has 0 saturated carbocycles. The summed E-state index contributed by atoms with van der Waals surface area (Å²) >= 11 is 0. The molecule has 348 valence electrons. The van der Waals surface area contributed by atoms with Crippen LogP contribution in [0.2, 0.25) is 0 Å². The summed E-state index contributed by atoms with van der Waals surface area (Å²) in [5.41, 5.74) is 0. The SMILES string of the molecule is CCCCCCCCP(=O)(O)CCCCCCCC.CCCCCCCP(=O)(O)CCCCCCC.CCCCCCP(=O)(O)CCCCCC.O=[PH2]O.[Nd].[Nd].[Nd].[Nd]. The Morgan fingerprint density at radius 2 is 0.397 bits per heavy atom. The van der Waals surface area contributed by atoms with E-state index in [1.54, 1.807) is 0 Å². The van der Waals surface area contributed by atoms with Crippen LogP contribution in [0.1, 0.15) is 234 Å². The Hall–Kier alpha value is 6.16. The fraction of sp³-hybridized carbons (Fsp3) is 1.00. The molecular weight excluding hydrogens is 1330 g/mol. The number of rotatable bonds is 36. The minimum absolute atomic E-state index is 0. The van der Waals surface area contributed by atoms with Gasteiger partial charge in [-0.25, -0.2) is 0 Å². The Balaban J connectivity index is -0.000000101. The zero-order chi connectivity index (χ0) is 41.7. The van der Waals surface area contributed by atoms with Crippen molar-refractivity contribution < 1.29 is 201 Å². The van der Waals surface area contributed by atoms with Gasteiger partial charge in [-0.05, 0) is 38.5 Å². The second kappa shape index (κ2) is 65.2. The van der Waals surface area contributed by atoms with Gasteiger partial charge in [0, 0.05) is 200 Å². The molecule has 4 N–H and O–H groups in total. The van der Waals surface area contributed by atoms with Gasteiger partial charge in [-0.3, -0.25) is 18.3 Å². The molecule has 0 aromatic heterocycles. The van der Waals surface area contributed by atoms with E-state index in [9.17, 15) is 28.4 Å². The smallest absolute Gasteiger partial charge is 0.200 e. The van der Waals surface area contributed by atoms with E-state index in [0.29, 0.717) is 37.0 Å². The van der Waals surface area contributed by atoms with Crippen LogP contribution in [0, 0.1) is 163 Å². The summed E-state index contributed by atoms with van der Waals surface area (Å²) in [6.45, 7) is 13.1. The molecule has 0 bridgehead atoms. The van der Waals surface area contributed by atoms with Crippen molar-refractivity contribution in [3.05, 3.63) is 0 Å². The largest absolute Gasteiger partial charge is 0.348 e. The average Bonchev–Trinajstić information content (AvgIpc) is 3.12. The molecule has 8 nitrogen and oxygen atoms in total. The second-order valence-electron chi connectivity index (χ2n) is 15.5. The second-order valence-corrected chi connectivity index (χ2v) is 23.4. The molecule has 0 radical (unpaired) electrons. The van der Waals surface area contributed by atoms with Gasteiger partial charge in [-0.1, -0.05) is 196 Å². The van der Waals surface area contributed by atoms with Crippen LogP contribution >= 0.6 is 30.8 Å². The summed E-state index contributed by atoms with van der Waals surface area (Å²) in [5, 5.41) is 0. The Morgan fingerprint density at radius 3 is 0.534 bits per heavy atom. The molecule has 0 rings (SSSR count). The van der Waals surface area contributed by atoms with Gasteiger partial charge in [0.05, 0.1) is 0 Å². The van der Waals surface area contributed by atoms with Gasteiger partial charge in [0.15, 0.2) is 8.69 Å². The molecule has 0 saturated heterocycles. The maximum absolute atomic E-state index is 11.9. The first-order chi connectivity index (χ1) is 25.8. The minimum Gasteiger partial charge on any atom is -0.348 e. The van der Waals surface area contributed by atoms with Gasteiger partial charge in [0.1, 0.15) is 0 Å². The van der Waals surface area contributed by atoms with E-state index >= 15 is 0 Å². The van der Waals surface area contributed by atoms with Gasteiger partial charge >= 0.3 is 0 Å². The van der Waals surface area contributed by atoms with Gasteiger partial charge in [-0.15, -0.1) is 0 Å². The van der Waals surface area contributed by atoms with Crippen molar-refractivity contribution in [2.24, 2.45) is 0 Å². The number of unbranched alkanes of at least 4 members (excludes halogenated alkanes) is 24. The van der Waals surface area contributed by atoms with Gasteiger partial charge in [0.25, 0.3) is 0 Å². The Bertz CT molecular complexity index is 842. The van der Waals surface area contributed by atoms with E-state index in [2.05, 4.69) is 41.5 Å². The molecule has 16 heteroatoms. The Morgan fingerprint density at radius 1 is 0.293 bits per heavy atom. The van der Waals surface area contributed by atoms with Crippen molar-refractivity contribution in [2.75, 3.05) is 37.0 Å². The van der Waals surface area contributed by atoms with Crippen molar-refractivity contribution in [1.82, 2.24) is 0 Å². The van der Waals surface area contributed by atoms with Crippen molar-refractivity contribution in [3.8, 4) is 0 Å². The standard InChI is InChI=1S/C16H35O2P.C14H31O2P.C12H27O2P.4Nd.H3O2P/c1-3-5-7-9-11-13-15-19(17,18)16-14-12-10-8-6-4-2;1-3-5-7-9-11-13-17(15,16)14-12-10-8-6-4-2;1-3-5-7-9-11-15(13,14)12-10-8-6-4-2;;;;;1-3-2/h3-16H2,1-2H3,(H,17,18);3-14H2,1-2H3,(H,15,16);3-12H2,1-2H3,(H,13,14);;;;;3H2,(H,1,2). The van der Waals surface area contributed by atoms with Crippen molar-refractivity contribution in [2.45, 2.75) is 234 Å². The monoisotopic (exact) mass is 1420 g/mol. The van der Waals surface area contributed by atoms with Crippen LogP contribution in [0.3, 0.4) is 0 Å². The van der Waals surface area contributed by atoms with Gasteiger partial charge in [-0.2, -0.15) is 0 Å². The quantitative estimate of drug-likeness (QED) is 0.0358. The Labute approximate surface area is 494 Å². The summed E-state index contributed by atoms with van der Waals surface area (Å²) < 4.78 is 44.0. The van der Waals surface area contributed by atoms with Crippen molar-refractivity contribution in [3.63, 3.8) is 0 Å². The van der Waals surface area contributed by atoms with Crippen LogP contribution in [0.25, 0.3) is 0 Å². The fourth-order valence-corrected chi connectivity index (χ4v) is 11.1. The van der Waals surface area contributed by atoms with E-state index in [4.69, 9.17) is 9.46 Å². The summed E-state index contributed by atoms with van der Waals surface area (Å²) in [7, 11) is -9.87. The Kier molecular flexibility index (Phi) is 91.3. The molecule has 0 heterocycles. The molecule has 0 spiro atoms. The zero-order valence-electron chi connectivity index (χ0n) is 38.8. The molecule has 0 aromatic rings. The number of hydrogen-bond donors (Lipinski definition) is 4. The molecule has 0 aliphatic rings. The third-order valence-electron chi connectivity index (χ3n) is 9.67. The molecule has 0 aliphatic heterocycles. The fourth-order valence-electron chi connectivity index (χ4n) is 6.11. The molecule has 1 atom stereocenters. The van der Waals surface area contributed by atoms with Crippen molar-refractivity contribution >= 4 is 30.8 Å². The molecule has 58 heavy (non-hydrogen) atoms. The van der Waals surface area contributed by atoms with Crippen LogP contribution in [-0.4, -0.2) is 56.5 Å². The third-order valence-corrected chi connectivity index (χ3v) is 15.8. The summed E-state index contributed by atoms with van der Waals surface area (Å²) in [5.74, 6) is 0. The van der Waals surface area contributed by atoms with Crippen LogP contribution in [-0.2, 0) is 18.3 Å². The molecule has 1 unspecified atom stereocenters. The molecular formula is C42H96Nd4O8P4. The van der Waals surface area contributed by atoms with Crippen LogP contribution in [0.4, 0.5) is 0 Å². The molecule has 0 aliphatic carbocycles. The first kappa shape index (κ1) is 81.2. The van der Waals surface area contributed by atoms with Crippen LogP contribution in [0.5, 0.6) is 0 Å². The third kappa shape index (κ3) is 79.3. The maximum atomic E-state index is 11.9. The summed E-state index contributed by atoms with van der Waals surface area (Å²) in [4.78, 5) is 36.4. The van der Waals surface area contributed by atoms with E-state index in [0.717, 1.165) is 77.0 Å². The summed E-state index contributed by atoms with van der Waals surface area (Å²) in [6.07, 6.45) is 37.9. The van der Waals surface area contributed by atoms with E-state index < -0.39 is 30.8 Å². The topological polar surface area (TPSA) is 149 Å². The molecule has 0 fully saturated rings. The van der Waals surface area contributed by atoms with Gasteiger partial charge in [0.2, 0.25) is 22.1 Å². The predicted octanol–water partition coefficient (Wildman–Crippen LogP) is 15.2. The van der Waals surface area contributed by atoms with E-state index in [-0.39, 0.29) is 163 Å².